The number of halogens is 3. The van der Waals surface area contributed by atoms with E-state index in [0.717, 1.165) is 5.56 Å². The van der Waals surface area contributed by atoms with Gasteiger partial charge >= 0.3 is 6.18 Å². The predicted octanol–water partition coefficient (Wildman–Crippen LogP) is 2.02. The summed E-state index contributed by atoms with van der Waals surface area (Å²) in [4.78, 5) is 11.3. The van der Waals surface area contributed by atoms with Gasteiger partial charge in [-0.1, -0.05) is 12.1 Å². The van der Waals surface area contributed by atoms with Crippen LogP contribution in [0.2, 0.25) is 0 Å². The Morgan fingerprint density at radius 3 is 2.70 bits per heavy atom. The van der Waals surface area contributed by atoms with E-state index in [1.54, 1.807) is 30.6 Å². The third-order valence-electron chi connectivity index (χ3n) is 2.65. The Morgan fingerprint density at radius 2 is 2.10 bits per heavy atom. The number of alkyl halides is 3. The molecule has 0 saturated heterocycles. The highest BCUT2D eigenvalue weighted by molar-refractivity contribution is 5.78. The van der Waals surface area contributed by atoms with Gasteiger partial charge in [0.25, 0.3) is 0 Å². The Labute approximate surface area is 115 Å². The minimum absolute atomic E-state index is 0.179. The number of carbonyl (C=O) groups is 1. The molecule has 0 aliphatic carbocycles. The molecule has 1 aromatic carbocycles. The topological polar surface area (TPSA) is 50.4 Å². The Hall–Kier alpha value is -1.76. The van der Waals surface area contributed by atoms with Crippen LogP contribution in [0, 0.1) is 0 Å². The first kappa shape index (κ1) is 16.3. The van der Waals surface area contributed by atoms with Crippen LogP contribution >= 0.6 is 0 Å². The molecule has 0 heterocycles. The highest BCUT2D eigenvalue weighted by Gasteiger charge is 2.27. The number of carbonyl (C=O) groups excluding carboxylic acids is 1. The molecule has 0 spiro atoms. The van der Waals surface area contributed by atoms with Gasteiger partial charge in [0.1, 0.15) is 12.3 Å². The smallest absolute Gasteiger partial charge is 0.405 e. The number of rotatable bonds is 6. The van der Waals surface area contributed by atoms with Gasteiger partial charge in [-0.15, -0.1) is 0 Å². The molecule has 0 unspecified atom stereocenters. The third kappa shape index (κ3) is 5.92. The van der Waals surface area contributed by atoms with Crippen molar-refractivity contribution in [3.05, 3.63) is 29.8 Å². The first-order valence-electron chi connectivity index (χ1n) is 6.02. The minimum atomic E-state index is -4.39. The fourth-order valence-electron chi connectivity index (χ4n) is 1.54. The zero-order valence-electron chi connectivity index (χ0n) is 11.3. The maximum absolute atomic E-state index is 11.9. The SMILES string of the molecule is COc1cccc([C@H](C)NCC(=O)NCC(F)(F)F)c1. The lowest BCUT2D eigenvalue weighted by atomic mass is 10.1. The van der Waals surface area contributed by atoms with Crippen molar-refractivity contribution in [1.29, 1.82) is 0 Å². The normalized spacial score (nSPS) is 12.8. The summed E-state index contributed by atoms with van der Waals surface area (Å²) in [6, 6.07) is 7.04. The van der Waals surface area contributed by atoms with Crippen molar-refractivity contribution in [2.45, 2.75) is 19.1 Å². The number of hydrogen-bond donors (Lipinski definition) is 2. The molecule has 1 rings (SSSR count). The highest BCUT2D eigenvalue weighted by atomic mass is 19.4. The Balaban J connectivity index is 2.42. The van der Waals surface area contributed by atoms with Crippen LogP contribution in [0.3, 0.4) is 0 Å². The lowest BCUT2D eigenvalue weighted by Gasteiger charge is -2.15. The molecular weight excluding hydrogens is 273 g/mol. The van der Waals surface area contributed by atoms with Crippen LogP contribution in [-0.4, -0.2) is 32.3 Å². The van der Waals surface area contributed by atoms with Gasteiger partial charge in [0.05, 0.1) is 13.7 Å². The summed E-state index contributed by atoms with van der Waals surface area (Å²) in [5, 5.41) is 4.65. The number of ether oxygens (including phenoxy) is 1. The molecule has 2 N–H and O–H groups in total. The van der Waals surface area contributed by atoms with Gasteiger partial charge < -0.3 is 15.4 Å². The second-order valence-corrected chi connectivity index (χ2v) is 4.27. The number of benzene rings is 1. The van der Waals surface area contributed by atoms with E-state index in [4.69, 9.17) is 4.74 Å². The molecule has 1 aromatic rings. The van der Waals surface area contributed by atoms with Crippen LogP contribution in [0.5, 0.6) is 5.75 Å². The largest absolute Gasteiger partial charge is 0.497 e. The number of methoxy groups -OCH3 is 1. The molecule has 0 bridgehead atoms. The van der Waals surface area contributed by atoms with Crippen molar-refractivity contribution < 1.29 is 22.7 Å². The second kappa shape index (κ2) is 7.14. The first-order valence-corrected chi connectivity index (χ1v) is 6.02. The standard InChI is InChI=1S/C13H17F3N2O2/c1-9(10-4-3-5-11(6-10)20-2)17-7-12(19)18-8-13(14,15)16/h3-6,9,17H,7-8H2,1-2H3,(H,18,19)/t9-/m0/s1. The highest BCUT2D eigenvalue weighted by Crippen LogP contribution is 2.18. The van der Waals surface area contributed by atoms with Crippen LogP contribution in [0.25, 0.3) is 0 Å². The third-order valence-corrected chi connectivity index (χ3v) is 2.65. The molecule has 1 amide bonds. The number of nitrogens with one attached hydrogen (secondary N) is 2. The van der Waals surface area contributed by atoms with E-state index in [0.29, 0.717) is 5.75 Å². The number of hydrogen-bond acceptors (Lipinski definition) is 3. The molecule has 4 nitrogen and oxygen atoms in total. The zero-order valence-corrected chi connectivity index (χ0v) is 11.3. The molecular formula is C13H17F3N2O2. The maximum atomic E-state index is 11.9. The molecule has 0 radical (unpaired) electrons. The van der Waals surface area contributed by atoms with E-state index in [9.17, 15) is 18.0 Å². The molecule has 0 aromatic heterocycles. The second-order valence-electron chi connectivity index (χ2n) is 4.27. The molecule has 0 saturated carbocycles. The van der Waals surface area contributed by atoms with E-state index < -0.39 is 18.6 Å². The monoisotopic (exact) mass is 290 g/mol. The van der Waals surface area contributed by atoms with Gasteiger partial charge in [-0.3, -0.25) is 4.79 Å². The van der Waals surface area contributed by atoms with Gasteiger partial charge in [0.15, 0.2) is 0 Å². The van der Waals surface area contributed by atoms with E-state index in [2.05, 4.69) is 5.32 Å². The van der Waals surface area contributed by atoms with Crippen LogP contribution in [0.15, 0.2) is 24.3 Å². The average molecular weight is 290 g/mol. The lowest BCUT2D eigenvalue weighted by Crippen LogP contribution is -2.39. The molecule has 0 aliphatic rings. The van der Waals surface area contributed by atoms with Gasteiger partial charge in [-0.05, 0) is 24.6 Å². The van der Waals surface area contributed by atoms with Crippen LogP contribution in [-0.2, 0) is 4.79 Å². The van der Waals surface area contributed by atoms with Gasteiger partial charge in [0, 0.05) is 6.04 Å². The van der Waals surface area contributed by atoms with Crippen LogP contribution in [0.4, 0.5) is 13.2 Å². The van der Waals surface area contributed by atoms with E-state index in [-0.39, 0.29) is 12.6 Å². The molecule has 7 heteroatoms. The Kier molecular flexibility index (Phi) is 5.82. The van der Waals surface area contributed by atoms with Gasteiger partial charge in [-0.2, -0.15) is 13.2 Å². The molecule has 20 heavy (non-hydrogen) atoms. The first-order chi connectivity index (χ1) is 9.31. The predicted molar refractivity (Wildman–Crippen MR) is 68.5 cm³/mol. The fourth-order valence-corrected chi connectivity index (χ4v) is 1.54. The van der Waals surface area contributed by atoms with Crippen LogP contribution < -0.4 is 15.4 Å². The van der Waals surface area contributed by atoms with Crippen molar-refractivity contribution >= 4 is 5.91 Å². The Bertz CT molecular complexity index is 449. The van der Waals surface area contributed by atoms with Crippen molar-refractivity contribution in [2.75, 3.05) is 20.2 Å². The molecule has 0 aliphatic heterocycles. The summed E-state index contributed by atoms with van der Waals surface area (Å²) in [6.45, 7) is 0.307. The quantitative estimate of drug-likeness (QED) is 0.843. The maximum Gasteiger partial charge on any atom is 0.405 e. The fraction of sp³-hybridized carbons (Fsp3) is 0.462. The molecule has 1 atom stereocenters. The summed E-state index contributed by atoms with van der Waals surface area (Å²) < 4.78 is 40.8. The van der Waals surface area contributed by atoms with Crippen molar-refractivity contribution in [3.8, 4) is 5.75 Å². The molecule has 112 valence electrons. The van der Waals surface area contributed by atoms with Gasteiger partial charge in [0.2, 0.25) is 5.91 Å². The lowest BCUT2D eigenvalue weighted by molar-refractivity contribution is -0.137. The van der Waals surface area contributed by atoms with Crippen molar-refractivity contribution in [2.24, 2.45) is 0 Å². The summed E-state index contributed by atoms with van der Waals surface area (Å²) in [6.07, 6.45) is -4.39. The zero-order chi connectivity index (χ0) is 15.2. The van der Waals surface area contributed by atoms with E-state index in [1.165, 1.54) is 0 Å². The van der Waals surface area contributed by atoms with Gasteiger partial charge in [-0.25, -0.2) is 0 Å². The van der Waals surface area contributed by atoms with E-state index in [1.807, 2.05) is 13.0 Å². The summed E-state index contributed by atoms with van der Waals surface area (Å²) in [7, 11) is 1.54. The average Bonchev–Trinajstić information content (AvgIpc) is 2.41. The van der Waals surface area contributed by atoms with E-state index >= 15 is 0 Å². The van der Waals surface area contributed by atoms with Crippen molar-refractivity contribution in [1.82, 2.24) is 10.6 Å². The van der Waals surface area contributed by atoms with Crippen molar-refractivity contribution in [3.63, 3.8) is 0 Å². The van der Waals surface area contributed by atoms with Crippen LogP contribution in [0.1, 0.15) is 18.5 Å². The Morgan fingerprint density at radius 1 is 1.40 bits per heavy atom. The number of amides is 1. The summed E-state index contributed by atoms with van der Waals surface area (Å²) >= 11 is 0. The summed E-state index contributed by atoms with van der Waals surface area (Å²) in [5.74, 6) is -0.0188. The molecule has 0 fully saturated rings. The summed E-state index contributed by atoms with van der Waals surface area (Å²) in [5.41, 5.74) is 0.882. The minimum Gasteiger partial charge on any atom is -0.497 e.